The van der Waals surface area contributed by atoms with Gasteiger partial charge in [0, 0.05) is 19.3 Å². The van der Waals surface area contributed by atoms with Crippen LogP contribution in [0.25, 0.3) is 0 Å². The number of anilines is 2. The van der Waals surface area contributed by atoms with Gasteiger partial charge in [-0.3, -0.25) is 19.4 Å². The number of nitrogen functional groups attached to an aromatic ring is 1. The summed E-state index contributed by atoms with van der Waals surface area (Å²) in [6, 6.07) is 6.47. The van der Waals surface area contributed by atoms with Gasteiger partial charge in [-0.2, -0.15) is 0 Å². The van der Waals surface area contributed by atoms with Crippen molar-refractivity contribution in [1.29, 1.82) is 0 Å². The van der Waals surface area contributed by atoms with Crippen molar-refractivity contribution < 1.29 is 13.3 Å². The topological polar surface area (TPSA) is 119 Å². The summed E-state index contributed by atoms with van der Waals surface area (Å²) in [4.78, 5) is 13.7. The summed E-state index contributed by atoms with van der Waals surface area (Å²) in [5.41, 5.74) is 5.35. The molecule has 0 saturated heterocycles. The second-order valence-corrected chi connectivity index (χ2v) is 6.13. The van der Waals surface area contributed by atoms with Crippen LogP contribution < -0.4 is 10.0 Å². The lowest BCUT2D eigenvalue weighted by molar-refractivity contribution is -0.383. The highest BCUT2D eigenvalue weighted by Gasteiger charge is 2.24. The Morgan fingerprint density at radius 1 is 1.33 bits per heavy atom. The first kappa shape index (κ1) is 14.7. The molecule has 2 aromatic rings. The number of nitro benzene ring substituents is 1. The maximum Gasteiger partial charge on any atom is 0.292 e. The third kappa shape index (κ3) is 2.77. The van der Waals surface area contributed by atoms with Gasteiger partial charge in [0.25, 0.3) is 15.7 Å². The second kappa shape index (κ2) is 5.37. The molecule has 0 unspecified atom stereocenters. The number of nitrogens with two attached hydrogens (primary N) is 1. The van der Waals surface area contributed by atoms with Gasteiger partial charge in [-0.05, 0) is 24.3 Å². The summed E-state index contributed by atoms with van der Waals surface area (Å²) < 4.78 is 25.9. The Bertz CT molecular complexity index is 777. The van der Waals surface area contributed by atoms with E-state index in [-0.39, 0.29) is 16.3 Å². The highest BCUT2D eigenvalue weighted by molar-refractivity contribution is 7.92. The van der Waals surface area contributed by atoms with E-state index < -0.39 is 14.9 Å². The van der Waals surface area contributed by atoms with Gasteiger partial charge in [0.1, 0.15) is 5.69 Å². The zero-order valence-electron chi connectivity index (χ0n) is 11.0. The van der Waals surface area contributed by atoms with Crippen LogP contribution >= 0.6 is 0 Å². The van der Waals surface area contributed by atoms with Gasteiger partial charge in [-0.15, -0.1) is 0 Å². The number of benzene rings is 1. The number of nitro groups is 1. The molecule has 110 valence electrons. The van der Waals surface area contributed by atoms with E-state index in [4.69, 9.17) is 5.73 Å². The number of sulfonamides is 1. The van der Waals surface area contributed by atoms with Gasteiger partial charge in [-0.1, -0.05) is 0 Å². The van der Waals surface area contributed by atoms with Crippen molar-refractivity contribution in [2.75, 3.05) is 17.1 Å². The zero-order valence-corrected chi connectivity index (χ0v) is 11.8. The lowest BCUT2D eigenvalue weighted by Crippen LogP contribution is -2.26. The molecule has 1 aromatic heterocycles. The van der Waals surface area contributed by atoms with Gasteiger partial charge < -0.3 is 5.73 Å². The van der Waals surface area contributed by atoms with E-state index in [2.05, 4.69) is 4.98 Å². The summed E-state index contributed by atoms with van der Waals surface area (Å²) in [5, 5.41) is 10.7. The molecule has 0 fully saturated rings. The highest BCUT2D eigenvalue weighted by atomic mass is 32.2. The zero-order chi connectivity index (χ0) is 15.6. The van der Waals surface area contributed by atoms with Gasteiger partial charge in [0.05, 0.1) is 21.7 Å². The number of rotatable bonds is 4. The molecule has 0 atom stereocenters. The van der Waals surface area contributed by atoms with E-state index in [1.165, 1.54) is 19.4 Å². The van der Waals surface area contributed by atoms with Gasteiger partial charge in [0.15, 0.2) is 0 Å². The normalized spacial score (nSPS) is 11.1. The first-order chi connectivity index (χ1) is 9.84. The largest absolute Gasteiger partial charge is 0.393 e. The Balaban J connectivity index is 2.45. The molecule has 9 heteroatoms. The van der Waals surface area contributed by atoms with Crippen molar-refractivity contribution in [2.24, 2.45) is 0 Å². The first-order valence-corrected chi connectivity index (χ1v) is 7.21. The standard InChI is InChI=1S/C12H12N4O4S/c1-15(9-3-2-6-14-8-9)21(19,20)10-4-5-12(16(17)18)11(13)7-10/h2-8H,13H2,1H3. The average molecular weight is 308 g/mol. The molecule has 0 amide bonds. The molecule has 1 aromatic carbocycles. The van der Waals surface area contributed by atoms with Crippen LogP contribution in [0, 0.1) is 10.1 Å². The summed E-state index contributed by atoms with van der Waals surface area (Å²) in [5.74, 6) is 0. The number of pyridine rings is 1. The molecule has 0 spiro atoms. The summed E-state index contributed by atoms with van der Waals surface area (Å²) in [6.45, 7) is 0. The van der Waals surface area contributed by atoms with Crippen molar-refractivity contribution in [3.63, 3.8) is 0 Å². The lowest BCUT2D eigenvalue weighted by atomic mass is 10.3. The smallest absolute Gasteiger partial charge is 0.292 e. The molecule has 0 aliphatic rings. The fourth-order valence-electron chi connectivity index (χ4n) is 1.70. The predicted molar refractivity (Wildman–Crippen MR) is 77.3 cm³/mol. The Morgan fingerprint density at radius 3 is 2.57 bits per heavy atom. The van der Waals surface area contributed by atoms with E-state index in [0.29, 0.717) is 5.69 Å². The van der Waals surface area contributed by atoms with Crippen molar-refractivity contribution in [3.8, 4) is 0 Å². The van der Waals surface area contributed by atoms with Crippen LogP contribution in [0.5, 0.6) is 0 Å². The van der Waals surface area contributed by atoms with Crippen LogP contribution in [0.2, 0.25) is 0 Å². The van der Waals surface area contributed by atoms with Crippen molar-refractivity contribution in [1.82, 2.24) is 4.98 Å². The molecule has 2 N–H and O–H groups in total. The molecule has 0 aliphatic heterocycles. The minimum atomic E-state index is -3.87. The van der Waals surface area contributed by atoms with E-state index in [1.54, 1.807) is 12.1 Å². The minimum absolute atomic E-state index is 0.128. The Labute approximate surface area is 121 Å². The molecule has 0 saturated carbocycles. The summed E-state index contributed by atoms with van der Waals surface area (Å²) in [7, 11) is -2.50. The summed E-state index contributed by atoms with van der Waals surface area (Å²) in [6.07, 6.45) is 2.92. The Hall–Kier alpha value is -2.68. The molecule has 1 heterocycles. The average Bonchev–Trinajstić information content (AvgIpc) is 2.46. The van der Waals surface area contributed by atoms with Crippen molar-refractivity contribution in [2.45, 2.75) is 4.90 Å². The highest BCUT2D eigenvalue weighted by Crippen LogP contribution is 2.27. The van der Waals surface area contributed by atoms with Gasteiger partial charge >= 0.3 is 0 Å². The van der Waals surface area contributed by atoms with E-state index in [9.17, 15) is 18.5 Å². The number of aromatic nitrogens is 1. The molecule has 21 heavy (non-hydrogen) atoms. The second-order valence-electron chi connectivity index (χ2n) is 4.16. The Morgan fingerprint density at radius 2 is 2.05 bits per heavy atom. The molecular weight excluding hydrogens is 296 g/mol. The number of nitrogens with zero attached hydrogens (tertiary/aromatic N) is 3. The number of hydrogen-bond donors (Lipinski definition) is 1. The monoisotopic (exact) mass is 308 g/mol. The fourth-order valence-corrected chi connectivity index (χ4v) is 2.91. The van der Waals surface area contributed by atoms with Crippen LogP contribution in [0.15, 0.2) is 47.6 Å². The maximum absolute atomic E-state index is 12.4. The molecular formula is C12H12N4O4S. The minimum Gasteiger partial charge on any atom is -0.393 e. The van der Waals surface area contributed by atoms with Crippen molar-refractivity contribution >= 4 is 27.1 Å². The SMILES string of the molecule is CN(c1cccnc1)S(=O)(=O)c1ccc([N+](=O)[O-])c(N)c1. The van der Waals surface area contributed by atoms with Crippen molar-refractivity contribution in [3.05, 3.63) is 52.8 Å². The predicted octanol–water partition coefficient (Wildman–Crippen LogP) is 1.40. The van der Waals surface area contributed by atoms with Crippen LogP contribution in [0.3, 0.4) is 0 Å². The Kier molecular flexibility index (Phi) is 3.76. The van der Waals surface area contributed by atoms with Crippen LogP contribution in [0.4, 0.5) is 17.1 Å². The third-order valence-corrected chi connectivity index (χ3v) is 4.65. The van der Waals surface area contributed by atoms with Gasteiger partial charge in [0.2, 0.25) is 0 Å². The van der Waals surface area contributed by atoms with E-state index >= 15 is 0 Å². The molecule has 0 aliphatic carbocycles. The fraction of sp³-hybridized carbons (Fsp3) is 0.0833. The molecule has 8 nitrogen and oxygen atoms in total. The van der Waals surface area contributed by atoms with Crippen LogP contribution in [0.1, 0.15) is 0 Å². The van der Waals surface area contributed by atoms with Crippen LogP contribution in [-0.2, 0) is 10.0 Å². The third-order valence-electron chi connectivity index (χ3n) is 2.86. The lowest BCUT2D eigenvalue weighted by Gasteiger charge is -2.19. The molecule has 2 rings (SSSR count). The number of hydrogen-bond acceptors (Lipinski definition) is 6. The maximum atomic E-state index is 12.4. The first-order valence-electron chi connectivity index (χ1n) is 5.77. The van der Waals surface area contributed by atoms with Crippen LogP contribution in [-0.4, -0.2) is 25.4 Å². The van der Waals surface area contributed by atoms with E-state index in [0.717, 1.165) is 22.5 Å². The summed E-state index contributed by atoms with van der Waals surface area (Å²) >= 11 is 0. The van der Waals surface area contributed by atoms with Gasteiger partial charge in [-0.25, -0.2) is 8.42 Å². The molecule has 0 bridgehead atoms. The molecule has 0 radical (unpaired) electrons. The van der Waals surface area contributed by atoms with E-state index in [1.807, 2.05) is 0 Å². The quantitative estimate of drug-likeness (QED) is 0.518.